The van der Waals surface area contributed by atoms with E-state index in [0.717, 1.165) is 69.6 Å². The maximum atomic E-state index is 12.8. The molecular weight excluding hydrogens is 709 g/mol. The molecule has 0 aliphatic heterocycles. The fourth-order valence-corrected chi connectivity index (χ4v) is 7.60. The van der Waals surface area contributed by atoms with E-state index in [1.807, 2.05) is 0 Å². The predicted molar refractivity (Wildman–Crippen MR) is 243 cm³/mol. The molecule has 2 atom stereocenters. The molecule has 0 bridgehead atoms. The zero-order valence-corrected chi connectivity index (χ0v) is 39.0. The van der Waals surface area contributed by atoms with E-state index >= 15 is 0 Å². The van der Waals surface area contributed by atoms with Gasteiger partial charge in [-0.15, -0.1) is 0 Å². The Kier molecular flexibility index (Phi) is 42.7. The molecule has 0 heterocycles. The van der Waals surface area contributed by atoms with E-state index in [0.29, 0.717) is 19.3 Å². The van der Waals surface area contributed by atoms with Crippen molar-refractivity contribution in [2.75, 3.05) is 13.2 Å². The minimum atomic E-state index is -0.761. The SMILES string of the molecule is CCCCCCCCCCCCCCCC(=O)OC[C@@H](COC(=O)CCCCCCCCCCC(C)CC)OC(=O)CCCCCCCCCCCCCC(C)C. The van der Waals surface area contributed by atoms with Gasteiger partial charge in [-0.25, -0.2) is 0 Å². The molecule has 0 aromatic rings. The van der Waals surface area contributed by atoms with E-state index in [9.17, 15) is 14.4 Å². The monoisotopic (exact) mass is 807 g/mol. The van der Waals surface area contributed by atoms with Gasteiger partial charge in [0.05, 0.1) is 0 Å². The third-order valence-electron chi connectivity index (χ3n) is 11.8. The minimum absolute atomic E-state index is 0.0641. The summed E-state index contributed by atoms with van der Waals surface area (Å²) in [6.07, 6.45) is 43.6. The third-order valence-corrected chi connectivity index (χ3v) is 11.8. The van der Waals surface area contributed by atoms with Gasteiger partial charge in [-0.1, -0.05) is 240 Å². The second kappa shape index (κ2) is 44.0. The molecule has 0 N–H and O–H groups in total. The van der Waals surface area contributed by atoms with Crippen LogP contribution < -0.4 is 0 Å². The fraction of sp³-hybridized carbons (Fsp3) is 0.941. The Morgan fingerprint density at radius 1 is 0.368 bits per heavy atom. The number of carbonyl (C=O) groups excluding carboxylic acids is 3. The van der Waals surface area contributed by atoms with Gasteiger partial charge in [0.2, 0.25) is 0 Å². The summed E-state index contributed by atoms with van der Waals surface area (Å²) < 4.78 is 16.8. The lowest BCUT2D eigenvalue weighted by Crippen LogP contribution is -2.30. The number of hydrogen-bond donors (Lipinski definition) is 0. The first kappa shape index (κ1) is 55.4. The highest BCUT2D eigenvalue weighted by Crippen LogP contribution is 2.17. The van der Waals surface area contributed by atoms with Gasteiger partial charge in [0.15, 0.2) is 6.10 Å². The van der Waals surface area contributed by atoms with Crippen molar-refractivity contribution in [1.82, 2.24) is 0 Å². The van der Waals surface area contributed by atoms with E-state index in [-0.39, 0.29) is 31.1 Å². The van der Waals surface area contributed by atoms with Gasteiger partial charge in [-0.2, -0.15) is 0 Å². The normalized spacial score (nSPS) is 12.5. The summed E-state index contributed by atoms with van der Waals surface area (Å²) in [4.78, 5) is 37.9. The first-order valence-corrected chi connectivity index (χ1v) is 25.3. The van der Waals surface area contributed by atoms with Crippen LogP contribution in [0.15, 0.2) is 0 Å². The average molecular weight is 807 g/mol. The molecule has 0 aromatic carbocycles. The van der Waals surface area contributed by atoms with Crippen molar-refractivity contribution < 1.29 is 28.6 Å². The maximum absolute atomic E-state index is 12.8. The lowest BCUT2D eigenvalue weighted by atomic mass is 9.99. The first-order valence-electron chi connectivity index (χ1n) is 25.3. The molecule has 1 unspecified atom stereocenters. The standard InChI is InChI=1S/C51H98O6/c1-6-8-9-10-11-12-13-14-17-20-26-31-36-41-49(52)55-44-48(45-56-50(53)42-37-32-27-23-22-25-30-35-40-47(5)7-2)57-51(54)43-38-33-28-21-18-15-16-19-24-29-34-39-46(3)4/h46-48H,6-45H2,1-5H3/t47?,48-/m0/s1. The molecule has 0 saturated heterocycles. The highest BCUT2D eigenvalue weighted by atomic mass is 16.6. The first-order chi connectivity index (χ1) is 27.8. The molecule has 6 heteroatoms. The van der Waals surface area contributed by atoms with Crippen molar-refractivity contribution in [3.63, 3.8) is 0 Å². The molecular formula is C51H98O6. The van der Waals surface area contributed by atoms with Crippen LogP contribution in [0, 0.1) is 11.8 Å². The highest BCUT2D eigenvalue weighted by Gasteiger charge is 2.19. The van der Waals surface area contributed by atoms with E-state index < -0.39 is 6.10 Å². The zero-order chi connectivity index (χ0) is 41.9. The van der Waals surface area contributed by atoms with E-state index in [1.165, 1.54) is 167 Å². The summed E-state index contributed by atoms with van der Waals surface area (Å²) in [6.45, 7) is 11.4. The Morgan fingerprint density at radius 3 is 1.00 bits per heavy atom. The largest absolute Gasteiger partial charge is 0.462 e. The van der Waals surface area contributed by atoms with Gasteiger partial charge in [0.1, 0.15) is 13.2 Å². The Balaban J connectivity index is 4.34. The van der Waals surface area contributed by atoms with Crippen LogP contribution >= 0.6 is 0 Å². The Hall–Kier alpha value is -1.59. The molecule has 0 fully saturated rings. The number of carbonyl (C=O) groups is 3. The molecule has 0 aromatic heterocycles. The van der Waals surface area contributed by atoms with Gasteiger partial charge in [-0.05, 0) is 31.1 Å². The van der Waals surface area contributed by atoms with Crippen LogP contribution in [0.5, 0.6) is 0 Å². The van der Waals surface area contributed by atoms with Crippen molar-refractivity contribution in [1.29, 1.82) is 0 Å². The van der Waals surface area contributed by atoms with Crippen molar-refractivity contribution in [3.8, 4) is 0 Å². The van der Waals surface area contributed by atoms with E-state index in [1.54, 1.807) is 0 Å². The summed E-state index contributed by atoms with van der Waals surface area (Å²) in [5, 5.41) is 0. The molecule has 0 aliphatic carbocycles. The van der Waals surface area contributed by atoms with Crippen LogP contribution in [-0.2, 0) is 28.6 Å². The van der Waals surface area contributed by atoms with Crippen LogP contribution in [0.25, 0.3) is 0 Å². The minimum Gasteiger partial charge on any atom is -0.462 e. The van der Waals surface area contributed by atoms with E-state index in [4.69, 9.17) is 14.2 Å². The number of esters is 3. The molecule has 57 heavy (non-hydrogen) atoms. The summed E-state index contributed by atoms with van der Waals surface area (Å²) in [5.74, 6) is 0.822. The van der Waals surface area contributed by atoms with Gasteiger partial charge in [0, 0.05) is 19.3 Å². The number of rotatable bonds is 45. The smallest absolute Gasteiger partial charge is 0.306 e. The Labute approximate surface area is 355 Å². The number of hydrogen-bond acceptors (Lipinski definition) is 6. The lowest BCUT2D eigenvalue weighted by Gasteiger charge is -2.18. The molecule has 0 aliphatic rings. The van der Waals surface area contributed by atoms with Crippen LogP contribution in [0.1, 0.15) is 279 Å². The maximum Gasteiger partial charge on any atom is 0.306 e. The average Bonchev–Trinajstić information content (AvgIpc) is 3.19. The van der Waals surface area contributed by atoms with Gasteiger partial charge < -0.3 is 14.2 Å². The van der Waals surface area contributed by atoms with Gasteiger partial charge in [-0.3, -0.25) is 14.4 Å². The second-order valence-corrected chi connectivity index (χ2v) is 18.2. The highest BCUT2D eigenvalue weighted by molar-refractivity contribution is 5.71. The van der Waals surface area contributed by atoms with Crippen molar-refractivity contribution in [2.24, 2.45) is 11.8 Å². The molecule has 0 spiro atoms. The Morgan fingerprint density at radius 2 is 0.667 bits per heavy atom. The van der Waals surface area contributed by atoms with Crippen LogP contribution in [-0.4, -0.2) is 37.2 Å². The Bertz CT molecular complexity index is 872. The summed E-state index contributed by atoms with van der Waals surface area (Å²) in [7, 11) is 0. The lowest BCUT2D eigenvalue weighted by molar-refractivity contribution is -0.167. The predicted octanol–water partition coefficient (Wildman–Crippen LogP) is 16.1. The van der Waals surface area contributed by atoms with Crippen LogP contribution in [0.4, 0.5) is 0 Å². The molecule has 6 nitrogen and oxygen atoms in total. The van der Waals surface area contributed by atoms with Crippen LogP contribution in [0.2, 0.25) is 0 Å². The molecule has 338 valence electrons. The second-order valence-electron chi connectivity index (χ2n) is 18.2. The van der Waals surface area contributed by atoms with Crippen molar-refractivity contribution in [3.05, 3.63) is 0 Å². The fourth-order valence-electron chi connectivity index (χ4n) is 7.60. The van der Waals surface area contributed by atoms with Gasteiger partial charge in [0.25, 0.3) is 0 Å². The topological polar surface area (TPSA) is 78.9 Å². The molecule has 0 radical (unpaired) electrons. The molecule has 0 rings (SSSR count). The summed E-state index contributed by atoms with van der Waals surface area (Å²) in [6, 6.07) is 0. The number of ether oxygens (including phenoxy) is 3. The quantitative estimate of drug-likeness (QED) is 0.0346. The summed E-state index contributed by atoms with van der Waals surface area (Å²) >= 11 is 0. The number of unbranched alkanes of at least 4 members (excludes halogenated alkanes) is 29. The van der Waals surface area contributed by atoms with E-state index in [2.05, 4.69) is 34.6 Å². The van der Waals surface area contributed by atoms with Crippen LogP contribution in [0.3, 0.4) is 0 Å². The van der Waals surface area contributed by atoms with Crippen molar-refractivity contribution >= 4 is 17.9 Å². The molecule has 0 saturated carbocycles. The van der Waals surface area contributed by atoms with Crippen molar-refractivity contribution in [2.45, 2.75) is 285 Å². The third kappa shape index (κ3) is 43.8. The zero-order valence-electron chi connectivity index (χ0n) is 39.0. The van der Waals surface area contributed by atoms with Gasteiger partial charge >= 0.3 is 17.9 Å². The summed E-state index contributed by atoms with van der Waals surface area (Å²) in [5.41, 5.74) is 0. The molecule has 0 amide bonds.